The number of rotatable bonds is 1. The fourth-order valence-corrected chi connectivity index (χ4v) is 2.14. The summed E-state index contributed by atoms with van der Waals surface area (Å²) in [6.07, 6.45) is 1.01. The van der Waals surface area contributed by atoms with Crippen molar-refractivity contribution in [3.05, 3.63) is 11.8 Å². The highest BCUT2D eigenvalue weighted by Crippen LogP contribution is 2.37. The number of carbonyl (C=O) groups excluding carboxylic acids is 1. The van der Waals surface area contributed by atoms with Crippen molar-refractivity contribution in [3.8, 4) is 0 Å². The zero-order chi connectivity index (χ0) is 11.9. The van der Waals surface area contributed by atoms with Crippen LogP contribution in [0.3, 0.4) is 0 Å². The average molecular weight is 222 g/mol. The summed E-state index contributed by atoms with van der Waals surface area (Å²) in [4.78, 5) is 11.1. The van der Waals surface area contributed by atoms with Gasteiger partial charge >= 0.3 is 0 Å². The molecule has 1 aliphatic heterocycles. The Hall–Kier alpha value is -1.52. The molecule has 88 valence electrons. The SMILES string of the molecule is CC(C)(C)C1CCNc2cc(C(N)=O)nn21. The van der Waals surface area contributed by atoms with E-state index in [1.165, 1.54) is 0 Å². The lowest BCUT2D eigenvalue weighted by molar-refractivity contribution is 0.0993. The molecule has 1 aliphatic rings. The van der Waals surface area contributed by atoms with Gasteiger partial charge in [0.2, 0.25) is 0 Å². The van der Waals surface area contributed by atoms with Crippen molar-refractivity contribution in [1.82, 2.24) is 9.78 Å². The van der Waals surface area contributed by atoms with Crippen LogP contribution in [0.1, 0.15) is 43.7 Å². The van der Waals surface area contributed by atoms with Crippen LogP contribution in [-0.2, 0) is 0 Å². The summed E-state index contributed by atoms with van der Waals surface area (Å²) in [7, 11) is 0. The third-order valence-corrected chi connectivity index (χ3v) is 3.01. The normalized spacial score (nSPS) is 20.1. The number of nitrogens with zero attached hydrogens (tertiary/aromatic N) is 2. The second-order valence-electron chi connectivity index (χ2n) is 5.32. The molecule has 0 aromatic carbocycles. The summed E-state index contributed by atoms with van der Waals surface area (Å²) in [6, 6.07) is 2.03. The highest BCUT2D eigenvalue weighted by Gasteiger charge is 2.31. The molecule has 1 unspecified atom stereocenters. The van der Waals surface area contributed by atoms with Gasteiger partial charge in [-0.05, 0) is 11.8 Å². The molecule has 5 heteroatoms. The van der Waals surface area contributed by atoms with E-state index in [2.05, 4.69) is 31.2 Å². The number of primary amides is 1. The highest BCUT2D eigenvalue weighted by atomic mass is 16.1. The number of hydrogen-bond acceptors (Lipinski definition) is 3. The van der Waals surface area contributed by atoms with E-state index in [4.69, 9.17) is 5.73 Å². The summed E-state index contributed by atoms with van der Waals surface area (Å²) < 4.78 is 1.89. The smallest absolute Gasteiger partial charge is 0.269 e. The Morgan fingerprint density at radius 3 is 2.88 bits per heavy atom. The van der Waals surface area contributed by atoms with Gasteiger partial charge < -0.3 is 11.1 Å². The molecule has 2 heterocycles. The third kappa shape index (κ3) is 1.77. The lowest BCUT2D eigenvalue weighted by Crippen LogP contribution is -2.32. The van der Waals surface area contributed by atoms with E-state index >= 15 is 0 Å². The van der Waals surface area contributed by atoms with Gasteiger partial charge in [0.25, 0.3) is 5.91 Å². The standard InChI is InChI=1S/C11H18N4O/c1-11(2,3)8-4-5-13-9-6-7(10(12)16)14-15(8)9/h6,8,13H,4-5H2,1-3H3,(H2,12,16). The molecule has 0 spiro atoms. The van der Waals surface area contributed by atoms with Crippen LogP contribution in [0.25, 0.3) is 0 Å². The van der Waals surface area contributed by atoms with Gasteiger partial charge in [-0.15, -0.1) is 0 Å². The summed E-state index contributed by atoms with van der Waals surface area (Å²) in [5, 5.41) is 7.51. The zero-order valence-electron chi connectivity index (χ0n) is 9.95. The molecule has 0 radical (unpaired) electrons. The maximum absolute atomic E-state index is 11.1. The summed E-state index contributed by atoms with van der Waals surface area (Å²) in [5.41, 5.74) is 5.69. The Kier molecular flexibility index (Phi) is 2.40. The van der Waals surface area contributed by atoms with Crippen LogP contribution in [0.2, 0.25) is 0 Å². The first kappa shape index (κ1) is 11.0. The number of fused-ring (bicyclic) bond motifs is 1. The van der Waals surface area contributed by atoms with Gasteiger partial charge in [-0.2, -0.15) is 5.10 Å². The molecule has 0 bridgehead atoms. The first-order valence-electron chi connectivity index (χ1n) is 5.53. The minimum Gasteiger partial charge on any atom is -0.370 e. The summed E-state index contributed by atoms with van der Waals surface area (Å²) in [5.74, 6) is 0.413. The van der Waals surface area contributed by atoms with E-state index in [0.717, 1.165) is 18.8 Å². The lowest BCUT2D eigenvalue weighted by atomic mass is 9.84. The quantitative estimate of drug-likeness (QED) is 0.754. The minimum atomic E-state index is -0.476. The van der Waals surface area contributed by atoms with Crippen molar-refractivity contribution in [1.29, 1.82) is 0 Å². The molecule has 16 heavy (non-hydrogen) atoms. The first-order valence-corrected chi connectivity index (χ1v) is 5.53. The van der Waals surface area contributed by atoms with Gasteiger partial charge in [0.05, 0.1) is 6.04 Å². The molecule has 0 saturated heterocycles. The Bertz CT molecular complexity index is 416. The topological polar surface area (TPSA) is 72.9 Å². The molecule has 5 nitrogen and oxygen atoms in total. The van der Waals surface area contributed by atoms with Gasteiger partial charge in [-0.25, -0.2) is 4.68 Å². The number of nitrogens with one attached hydrogen (secondary N) is 1. The molecule has 0 fully saturated rings. The number of nitrogens with two attached hydrogens (primary N) is 1. The molecular weight excluding hydrogens is 204 g/mol. The van der Waals surface area contributed by atoms with Crippen LogP contribution in [0, 0.1) is 5.41 Å². The van der Waals surface area contributed by atoms with Crippen LogP contribution >= 0.6 is 0 Å². The van der Waals surface area contributed by atoms with E-state index < -0.39 is 5.91 Å². The molecule has 0 aliphatic carbocycles. The first-order chi connectivity index (χ1) is 7.39. The number of amides is 1. The van der Waals surface area contributed by atoms with E-state index in [-0.39, 0.29) is 5.41 Å². The van der Waals surface area contributed by atoms with Crippen molar-refractivity contribution in [2.24, 2.45) is 11.1 Å². The Labute approximate surface area is 95.0 Å². The molecule has 3 N–H and O–H groups in total. The molecule has 1 atom stereocenters. The average Bonchev–Trinajstić information content (AvgIpc) is 2.58. The third-order valence-electron chi connectivity index (χ3n) is 3.01. The zero-order valence-corrected chi connectivity index (χ0v) is 9.95. The minimum absolute atomic E-state index is 0.123. The van der Waals surface area contributed by atoms with Crippen molar-refractivity contribution < 1.29 is 4.79 Å². The van der Waals surface area contributed by atoms with Crippen molar-refractivity contribution in [3.63, 3.8) is 0 Å². The summed E-state index contributed by atoms with van der Waals surface area (Å²) in [6.45, 7) is 7.45. The fourth-order valence-electron chi connectivity index (χ4n) is 2.14. The van der Waals surface area contributed by atoms with Crippen LogP contribution in [0.15, 0.2) is 6.07 Å². The van der Waals surface area contributed by atoms with Gasteiger partial charge in [0.1, 0.15) is 5.82 Å². The second kappa shape index (κ2) is 3.50. The van der Waals surface area contributed by atoms with Crippen LogP contribution in [0.5, 0.6) is 0 Å². The molecule has 1 amide bonds. The second-order valence-corrected chi connectivity index (χ2v) is 5.32. The van der Waals surface area contributed by atoms with E-state index in [0.29, 0.717) is 11.7 Å². The summed E-state index contributed by atoms with van der Waals surface area (Å²) >= 11 is 0. The van der Waals surface area contributed by atoms with Crippen molar-refractivity contribution in [2.75, 3.05) is 11.9 Å². The fraction of sp³-hybridized carbons (Fsp3) is 0.636. The maximum Gasteiger partial charge on any atom is 0.269 e. The lowest BCUT2D eigenvalue weighted by Gasteiger charge is -2.35. The molecular formula is C11H18N4O. The van der Waals surface area contributed by atoms with Gasteiger partial charge in [0.15, 0.2) is 5.69 Å². The van der Waals surface area contributed by atoms with E-state index in [1.54, 1.807) is 6.07 Å². The van der Waals surface area contributed by atoms with Crippen molar-refractivity contribution in [2.45, 2.75) is 33.2 Å². The predicted octanol–water partition coefficient (Wildman–Crippen LogP) is 1.38. The number of anilines is 1. The van der Waals surface area contributed by atoms with Crippen LogP contribution < -0.4 is 11.1 Å². The monoisotopic (exact) mass is 222 g/mol. The maximum atomic E-state index is 11.1. The van der Waals surface area contributed by atoms with Gasteiger partial charge in [0, 0.05) is 12.6 Å². The van der Waals surface area contributed by atoms with E-state index in [1.807, 2.05) is 4.68 Å². The van der Waals surface area contributed by atoms with Gasteiger partial charge in [-0.3, -0.25) is 4.79 Å². The van der Waals surface area contributed by atoms with Crippen LogP contribution in [0.4, 0.5) is 5.82 Å². The largest absolute Gasteiger partial charge is 0.370 e. The van der Waals surface area contributed by atoms with Crippen LogP contribution in [-0.4, -0.2) is 22.2 Å². The Morgan fingerprint density at radius 2 is 2.31 bits per heavy atom. The Morgan fingerprint density at radius 1 is 1.62 bits per heavy atom. The predicted molar refractivity (Wildman–Crippen MR) is 62.3 cm³/mol. The molecule has 1 aromatic heterocycles. The number of aromatic nitrogens is 2. The van der Waals surface area contributed by atoms with Crippen molar-refractivity contribution >= 4 is 11.7 Å². The van der Waals surface area contributed by atoms with E-state index in [9.17, 15) is 4.79 Å². The van der Waals surface area contributed by atoms with Gasteiger partial charge in [-0.1, -0.05) is 20.8 Å². The number of hydrogen-bond donors (Lipinski definition) is 2. The number of carbonyl (C=O) groups is 1. The molecule has 1 aromatic rings. The highest BCUT2D eigenvalue weighted by molar-refractivity contribution is 5.91. The molecule has 0 saturated carbocycles. The molecule has 2 rings (SSSR count). The Balaban J connectivity index is 2.42.